The van der Waals surface area contributed by atoms with E-state index in [1.165, 1.54) is 25.7 Å². The Kier molecular flexibility index (Phi) is 16.9. The maximum Gasteiger partial charge on any atom is 0.314 e. The molecule has 148 valence electrons. The van der Waals surface area contributed by atoms with Crippen LogP contribution in [0.5, 0.6) is 0 Å². The molecule has 0 rings (SSSR count). The van der Waals surface area contributed by atoms with Crippen molar-refractivity contribution >= 4 is 18.0 Å². The van der Waals surface area contributed by atoms with E-state index in [0.29, 0.717) is 12.7 Å². The number of ketones is 1. The van der Waals surface area contributed by atoms with Gasteiger partial charge in [-0.25, -0.2) is 0 Å². The molecule has 0 amide bonds. The standard InChI is InChI=1S/C22H36O4/c1-2-3-4-5-6-7-8-9-10-11-12-13-14-15-16-17-21(24)20(18-19-23)22(25)26/h6-7,9-10,19-20H,2-5,8,11-18H2,1H3,(H,25,26). The third-order valence-electron chi connectivity index (χ3n) is 4.39. The van der Waals surface area contributed by atoms with Crippen LogP contribution in [0.2, 0.25) is 0 Å². The third-order valence-corrected chi connectivity index (χ3v) is 4.39. The Hall–Kier alpha value is -1.71. The van der Waals surface area contributed by atoms with Crippen molar-refractivity contribution < 1.29 is 19.5 Å². The highest BCUT2D eigenvalue weighted by Gasteiger charge is 2.24. The summed E-state index contributed by atoms with van der Waals surface area (Å²) in [5, 5.41) is 8.91. The Labute approximate surface area is 158 Å². The second-order valence-electron chi connectivity index (χ2n) is 6.74. The first-order valence-electron chi connectivity index (χ1n) is 10.1. The van der Waals surface area contributed by atoms with E-state index in [-0.39, 0.29) is 18.6 Å². The van der Waals surface area contributed by atoms with Gasteiger partial charge in [0.1, 0.15) is 18.0 Å². The zero-order valence-electron chi connectivity index (χ0n) is 16.3. The summed E-state index contributed by atoms with van der Waals surface area (Å²) in [4.78, 5) is 33.1. The molecule has 1 atom stereocenters. The van der Waals surface area contributed by atoms with E-state index < -0.39 is 11.9 Å². The number of allylic oxidation sites excluding steroid dienone is 4. The fraction of sp³-hybridized carbons (Fsp3) is 0.682. The SMILES string of the molecule is CCCCCC=CCC=CCCCCCCCC(=O)C(CC=O)C(=O)O. The van der Waals surface area contributed by atoms with Gasteiger partial charge >= 0.3 is 5.97 Å². The van der Waals surface area contributed by atoms with Gasteiger partial charge < -0.3 is 9.90 Å². The van der Waals surface area contributed by atoms with E-state index in [1.54, 1.807) is 0 Å². The van der Waals surface area contributed by atoms with Crippen molar-refractivity contribution in [1.29, 1.82) is 0 Å². The maximum atomic E-state index is 11.8. The first kappa shape index (κ1) is 24.3. The van der Waals surface area contributed by atoms with Gasteiger partial charge in [0.15, 0.2) is 0 Å². The Morgan fingerprint density at radius 3 is 2.00 bits per heavy atom. The molecule has 1 N–H and O–H groups in total. The fourth-order valence-corrected chi connectivity index (χ4v) is 2.75. The third kappa shape index (κ3) is 14.6. The van der Waals surface area contributed by atoms with Gasteiger partial charge in [0.2, 0.25) is 0 Å². The van der Waals surface area contributed by atoms with E-state index in [9.17, 15) is 14.4 Å². The van der Waals surface area contributed by atoms with Crippen molar-refractivity contribution in [3.8, 4) is 0 Å². The minimum absolute atomic E-state index is 0.214. The van der Waals surface area contributed by atoms with Crippen LogP contribution >= 0.6 is 0 Å². The second-order valence-corrected chi connectivity index (χ2v) is 6.74. The molecule has 0 aliphatic heterocycles. The highest BCUT2D eigenvalue weighted by molar-refractivity contribution is 5.99. The largest absolute Gasteiger partial charge is 0.481 e. The van der Waals surface area contributed by atoms with Crippen LogP contribution in [0, 0.1) is 5.92 Å². The second kappa shape index (κ2) is 18.1. The number of carboxylic acid groups (broad SMARTS) is 1. The molecule has 0 aromatic carbocycles. The van der Waals surface area contributed by atoms with Crippen LogP contribution in [-0.4, -0.2) is 23.1 Å². The summed E-state index contributed by atoms with van der Waals surface area (Å²) in [6.07, 6.45) is 21.6. The average Bonchev–Trinajstić information content (AvgIpc) is 2.62. The summed E-state index contributed by atoms with van der Waals surface area (Å²) in [6.45, 7) is 2.22. The van der Waals surface area contributed by atoms with E-state index >= 15 is 0 Å². The quantitative estimate of drug-likeness (QED) is 0.147. The maximum absolute atomic E-state index is 11.8. The molecular formula is C22H36O4. The number of unbranched alkanes of at least 4 members (excludes halogenated alkanes) is 8. The number of carboxylic acids is 1. The Morgan fingerprint density at radius 1 is 0.846 bits per heavy atom. The summed E-state index contributed by atoms with van der Waals surface area (Å²) in [7, 11) is 0. The molecule has 0 aromatic rings. The van der Waals surface area contributed by atoms with Crippen LogP contribution in [0.25, 0.3) is 0 Å². The molecule has 0 radical (unpaired) electrons. The van der Waals surface area contributed by atoms with Gasteiger partial charge in [-0.15, -0.1) is 0 Å². The first-order valence-corrected chi connectivity index (χ1v) is 10.1. The van der Waals surface area contributed by atoms with Gasteiger partial charge in [-0.2, -0.15) is 0 Å². The lowest BCUT2D eigenvalue weighted by molar-refractivity contribution is -0.147. The number of aliphatic carboxylic acids is 1. The lowest BCUT2D eigenvalue weighted by Crippen LogP contribution is -2.24. The molecule has 4 nitrogen and oxygen atoms in total. The van der Waals surface area contributed by atoms with Gasteiger partial charge in [0, 0.05) is 12.8 Å². The van der Waals surface area contributed by atoms with Gasteiger partial charge in [0.25, 0.3) is 0 Å². The lowest BCUT2D eigenvalue weighted by atomic mass is 9.96. The zero-order valence-corrected chi connectivity index (χ0v) is 16.3. The van der Waals surface area contributed by atoms with Crippen molar-refractivity contribution in [2.75, 3.05) is 0 Å². The molecule has 0 saturated carbocycles. The van der Waals surface area contributed by atoms with Crippen molar-refractivity contribution in [2.24, 2.45) is 5.92 Å². The zero-order chi connectivity index (χ0) is 19.5. The van der Waals surface area contributed by atoms with Crippen molar-refractivity contribution in [3.05, 3.63) is 24.3 Å². The topological polar surface area (TPSA) is 71.4 Å². The number of Topliss-reactive ketones (excluding diaryl/α,β-unsaturated/α-hetero) is 1. The number of hydrogen-bond acceptors (Lipinski definition) is 3. The predicted molar refractivity (Wildman–Crippen MR) is 106 cm³/mol. The molecule has 4 heteroatoms. The van der Waals surface area contributed by atoms with Crippen molar-refractivity contribution in [3.63, 3.8) is 0 Å². The van der Waals surface area contributed by atoms with E-state index in [2.05, 4.69) is 31.2 Å². The molecule has 0 aliphatic carbocycles. The van der Waals surface area contributed by atoms with Crippen molar-refractivity contribution in [2.45, 2.75) is 90.4 Å². The normalized spacial score (nSPS) is 12.7. The summed E-state index contributed by atoms with van der Waals surface area (Å²) < 4.78 is 0. The molecule has 26 heavy (non-hydrogen) atoms. The first-order chi connectivity index (χ1) is 12.6. The van der Waals surface area contributed by atoms with Crippen LogP contribution in [0.1, 0.15) is 90.4 Å². The van der Waals surface area contributed by atoms with Crippen molar-refractivity contribution in [1.82, 2.24) is 0 Å². The van der Waals surface area contributed by atoms with Crippen LogP contribution in [0.15, 0.2) is 24.3 Å². The Morgan fingerprint density at radius 2 is 1.42 bits per heavy atom. The molecule has 0 fully saturated rings. The Bertz CT molecular complexity index is 437. The van der Waals surface area contributed by atoms with E-state index in [0.717, 1.165) is 38.5 Å². The fourth-order valence-electron chi connectivity index (χ4n) is 2.75. The van der Waals surface area contributed by atoms with Crippen LogP contribution < -0.4 is 0 Å². The summed E-state index contributed by atoms with van der Waals surface area (Å²) in [5.74, 6) is -2.67. The summed E-state index contributed by atoms with van der Waals surface area (Å²) in [6, 6.07) is 0. The van der Waals surface area contributed by atoms with Gasteiger partial charge in [-0.3, -0.25) is 9.59 Å². The smallest absolute Gasteiger partial charge is 0.314 e. The molecule has 0 bridgehead atoms. The van der Waals surface area contributed by atoms with E-state index in [1.807, 2.05) is 0 Å². The molecule has 0 aliphatic rings. The average molecular weight is 365 g/mol. The number of carbonyl (C=O) groups excluding carboxylic acids is 2. The molecule has 1 unspecified atom stereocenters. The molecule has 0 heterocycles. The van der Waals surface area contributed by atoms with E-state index in [4.69, 9.17) is 5.11 Å². The van der Waals surface area contributed by atoms with Gasteiger partial charge in [-0.1, -0.05) is 63.3 Å². The summed E-state index contributed by atoms with van der Waals surface area (Å²) in [5.41, 5.74) is 0. The van der Waals surface area contributed by atoms with Crippen LogP contribution in [0.4, 0.5) is 0 Å². The minimum atomic E-state index is -1.19. The predicted octanol–water partition coefficient (Wildman–Crippen LogP) is 5.66. The van der Waals surface area contributed by atoms with Crippen LogP contribution in [0.3, 0.4) is 0 Å². The monoisotopic (exact) mass is 364 g/mol. The number of rotatable bonds is 18. The Balaban J connectivity index is 3.53. The molecule has 0 saturated heterocycles. The highest BCUT2D eigenvalue weighted by atomic mass is 16.4. The lowest BCUT2D eigenvalue weighted by Gasteiger charge is -2.07. The van der Waals surface area contributed by atoms with Gasteiger partial charge in [-0.05, 0) is 38.5 Å². The van der Waals surface area contributed by atoms with Crippen LogP contribution in [-0.2, 0) is 14.4 Å². The molecular weight excluding hydrogens is 328 g/mol. The van der Waals surface area contributed by atoms with Gasteiger partial charge in [0.05, 0.1) is 0 Å². The molecule has 0 spiro atoms. The number of hydrogen-bond donors (Lipinski definition) is 1. The highest BCUT2D eigenvalue weighted by Crippen LogP contribution is 2.12. The number of aldehydes is 1. The number of carbonyl (C=O) groups is 3. The summed E-state index contributed by atoms with van der Waals surface area (Å²) >= 11 is 0. The molecule has 0 aromatic heterocycles. The minimum Gasteiger partial charge on any atom is -0.481 e.